The molecule has 0 saturated carbocycles. The highest BCUT2D eigenvalue weighted by atomic mass is 16.5. The van der Waals surface area contributed by atoms with Gasteiger partial charge in [0.05, 0.1) is 7.11 Å². The Labute approximate surface area is 103 Å². The topological polar surface area (TPSA) is 38.3 Å². The van der Waals surface area contributed by atoms with E-state index < -0.39 is 6.04 Å². The molecule has 0 heterocycles. The first-order chi connectivity index (χ1) is 7.90. The molecule has 1 aromatic carbocycles. The van der Waals surface area contributed by atoms with Crippen molar-refractivity contribution in [2.24, 2.45) is 0 Å². The van der Waals surface area contributed by atoms with Crippen LogP contribution < -0.4 is 5.32 Å². The lowest BCUT2D eigenvalue weighted by Crippen LogP contribution is -2.26. The van der Waals surface area contributed by atoms with Gasteiger partial charge in [-0.1, -0.05) is 45.0 Å². The number of hydrogen-bond donors (Lipinski definition) is 1. The molecule has 0 fully saturated rings. The molecule has 1 aromatic rings. The number of esters is 1. The SMILES string of the molecule is CNC(C(=O)OC)c1ccc(C(C)(C)C)cc1. The van der Waals surface area contributed by atoms with Gasteiger partial charge in [-0.2, -0.15) is 0 Å². The van der Waals surface area contributed by atoms with Gasteiger partial charge in [0.15, 0.2) is 0 Å². The van der Waals surface area contributed by atoms with Gasteiger partial charge in [0, 0.05) is 0 Å². The highest BCUT2D eigenvalue weighted by Crippen LogP contribution is 2.24. The van der Waals surface area contributed by atoms with Gasteiger partial charge in [-0.15, -0.1) is 0 Å². The van der Waals surface area contributed by atoms with E-state index in [1.54, 1.807) is 7.05 Å². The molecule has 3 heteroatoms. The number of carbonyl (C=O) groups is 1. The summed E-state index contributed by atoms with van der Waals surface area (Å²) in [5, 5.41) is 2.95. The molecule has 0 aliphatic carbocycles. The van der Waals surface area contributed by atoms with Crippen molar-refractivity contribution in [3.63, 3.8) is 0 Å². The number of ether oxygens (including phenoxy) is 1. The zero-order valence-electron chi connectivity index (χ0n) is 11.2. The third-order valence-corrected chi connectivity index (χ3v) is 2.84. The minimum atomic E-state index is -0.394. The largest absolute Gasteiger partial charge is 0.468 e. The van der Waals surface area contributed by atoms with Crippen LogP contribution in [0.3, 0.4) is 0 Å². The van der Waals surface area contributed by atoms with Crippen LogP contribution in [0.2, 0.25) is 0 Å². The summed E-state index contributed by atoms with van der Waals surface area (Å²) in [6.45, 7) is 6.49. The third kappa shape index (κ3) is 3.30. The van der Waals surface area contributed by atoms with E-state index >= 15 is 0 Å². The number of nitrogens with one attached hydrogen (secondary N) is 1. The fourth-order valence-corrected chi connectivity index (χ4v) is 1.71. The Morgan fingerprint density at radius 2 is 1.76 bits per heavy atom. The van der Waals surface area contributed by atoms with Crippen LogP contribution in [-0.4, -0.2) is 20.1 Å². The Kier molecular flexibility index (Phi) is 4.29. The molecule has 94 valence electrons. The van der Waals surface area contributed by atoms with E-state index in [-0.39, 0.29) is 11.4 Å². The highest BCUT2D eigenvalue weighted by Gasteiger charge is 2.20. The van der Waals surface area contributed by atoms with Crippen molar-refractivity contribution < 1.29 is 9.53 Å². The quantitative estimate of drug-likeness (QED) is 0.818. The molecule has 0 bridgehead atoms. The van der Waals surface area contributed by atoms with Crippen LogP contribution in [0.15, 0.2) is 24.3 Å². The molecule has 1 rings (SSSR count). The van der Waals surface area contributed by atoms with Crippen LogP contribution in [0.25, 0.3) is 0 Å². The fourth-order valence-electron chi connectivity index (χ4n) is 1.71. The summed E-state index contributed by atoms with van der Waals surface area (Å²) in [6, 6.07) is 7.66. The molecule has 17 heavy (non-hydrogen) atoms. The number of methoxy groups -OCH3 is 1. The van der Waals surface area contributed by atoms with Crippen LogP contribution >= 0.6 is 0 Å². The molecule has 0 aliphatic rings. The molecule has 0 radical (unpaired) electrons. The Balaban J connectivity index is 2.97. The second-order valence-electron chi connectivity index (χ2n) is 5.12. The van der Waals surface area contributed by atoms with Crippen LogP contribution in [0.4, 0.5) is 0 Å². The molecule has 1 unspecified atom stereocenters. The van der Waals surface area contributed by atoms with Gasteiger partial charge in [0.1, 0.15) is 6.04 Å². The second-order valence-corrected chi connectivity index (χ2v) is 5.12. The summed E-state index contributed by atoms with van der Waals surface area (Å²) in [4.78, 5) is 11.5. The van der Waals surface area contributed by atoms with Crippen LogP contribution in [0.5, 0.6) is 0 Å². The zero-order valence-corrected chi connectivity index (χ0v) is 11.2. The molecule has 0 aliphatic heterocycles. The maximum atomic E-state index is 11.5. The number of benzene rings is 1. The molecular formula is C14H21NO2. The molecular weight excluding hydrogens is 214 g/mol. The first kappa shape index (κ1) is 13.7. The van der Waals surface area contributed by atoms with E-state index in [2.05, 4.69) is 38.2 Å². The van der Waals surface area contributed by atoms with E-state index in [0.717, 1.165) is 5.56 Å². The first-order valence-electron chi connectivity index (χ1n) is 5.75. The maximum absolute atomic E-state index is 11.5. The average molecular weight is 235 g/mol. The van der Waals surface area contributed by atoms with Crippen molar-refractivity contribution in [1.82, 2.24) is 5.32 Å². The zero-order chi connectivity index (χ0) is 13.1. The minimum absolute atomic E-state index is 0.124. The van der Waals surface area contributed by atoms with Crippen molar-refractivity contribution in [2.75, 3.05) is 14.2 Å². The Morgan fingerprint density at radius 1 is 1.24 bits per heavy atom. The van der Waals surface area contributed by atoms with Crippen molar-refractivity contribution in [3.05, 3.63) is 35.4 Å². The van der Waals surface area contributed by atoms with Gasteiger partial charge >= 0.3 is 5.97 Å². The summed E-state index contributed by atoms with van der Waals surface area (Å²) < 4.78 is 4.75. The normalized spacial score (nSPS) is 13.2. The van der Waals surface area contributed by atoms with E-state index in [9.17, 15) is 4.79 Å². The summed E-state index contributed by atoms with van der Waals surface area (Å²) in [6.07, 6.45) is 0. The molecule has 1 N–H and O–H groups in total. The number of likely N-dealkylation sites (N-methyl/N-ethyl adjacent to an activating group) is 1. The smallest absolute Gasteiger partial charge is 0.327 e. The molecule has 0 aromatic heterocycles. The van der Waals surface area contributed by atoms with Crippen molar-refractivity contribution in [1.29, 1.82) is 0 Å². The maximum Gasteiger partial charge on any atom is 0.327 e. The minimum Gasteiger partial charge on any atom is -0.468 e. The molecule has 3 nitrogen and oxygen atoms in total. The third-order valence-electron chi connectivity index (χ3n) is 2.84. The number of rotatable bonds is 3. The van der Waals surface area contributed by atoms with Gasteiger partial charge in [0.25, 0.3) is 0 Å². The Morgan fingerprint density at radius 3 is 2.12 bits per heavy atom. The highest BCUT2D eigenvalue weighted by molar-refractivity contribution is 5.77. The van der Waals surface area contributed by atoms with Crippen molar-refractivity contribution >= 4 is 5.97 Å². The van der Waals surface area contributed by atoms with Gasteiger partial charge < -0.3 is 10.1 Å². The molecule has 0 saturated heterocycles. The molecule has 0 amide bonds. The summed E-state index contributed by atoms with van der Waals surface area (Å²) in [5.74, 6) is -0.268. The number of carbonyl (C=O) groups excluding carboxylic acids is 1. The monoisotopic (exact) mass is 235 g/mol. The van der Waals surface area contributed by atoms with E-state index in [1.807, 2.05) is 12.1 Å². The Bertz CT molecular complexity index is 376. The van der Waals surface area contributed by atoms with Crippen LogP contribution in [0, 0.1) is 0 Å². The van der Waals surface area contributed by atoms with Gasteiger partial charge in [-0.3, -0.25) is 0 Å². The Hall–Kier alpha value is -1.35. The summed E-state index contributed by atoms with van der Waals surface area (Å²) >= 11 is 0. The van der Waals surface area contributed by atoms with E-state index in [0.29, 0.717) is 0 Å². The lowest BCUT2D eigenvalue weighted by molar-refractivity contribution is -0.143. The van der Waals surface area contributed by atoms with Gasteiger partial charge in [0.2, 0.25) is 0 Å². The summed E-state index contributed by atoms with van der Waals surface area (Å²) in [7, 11) is 3.15. The first-order valence-corrected chi connectivity index (χ1v) is 5.75. The molecule has 0 spiro atoms. The predicted octanol–water partition coefficient (Wildman–Crippen LogP) is 2.42. The van der Waals surface area contributed by atoms with E-state index in [1.165, 1.54) is 12.7 Å². The van der Waals surface area contributed by atoms with Gasteiger partial charge in [-0.05, 0) is 23.6 Å². The number of hydrogen-bond acceptors (Lipinski definition) is 3. The second kappa shape index (κ2) is 5.32. The van der Waals surface area contributed by atoms with Crippen LogP contribution in [0.1, 0.15) is 37.9 Å². The average Bonchev–Trinajstić information content (AvgIpc) is 2.29. The lowest BCUT2D eigenvalue weighted by atomic mass is 9.86. The fraction of sp³-hybridized carbons (Fsp3) is 0.500. The predicted molar refractivity (Wildman–Crippen MR) is 69.0 cm³/mol. The standard InChI is InChI=1S/C14H21NO2/c1-14(2,3)11-8-6-10(7-9-11)12(15-4)13(16)17-5/h6-9,12,15H,1-5H3. The van der Waals surface area contributed by atoms with Crippen molar-refractivity contribution in [2.45, 2.75) is 32.2 Å². The van der Waals surface area contributed by atoms with Crippen LogP contribution in [-0.2, 0) is 14.9 Å². The summed E-state index contributed by atoms with van der Waals surface area (Å²) in [5.41, 5.74) is 2.30. The van der Waals surface area contributed by atoms with Crippen molar-refractivity contribution in [3.8, 4) is 0 Å². The van der Waals surface area contributed by atoms with Gasteiger partial charge in [-0.25, -0.2) is 4.79 Å². The lowest BCUT2D eigenvalue weighted by Gasteiger charge is -2.20. The molecule has 1 atom stereocenters. The van der Waals surface area contributed by atoms with E-state index in [4.69, 9.17) is 4.74 Å².